The van der Waals surface area contributed by atoms with Crippen LogP contribution in [0.15, 0.2) is 42.5 Å². The maximum atomic E-state index is 14.2. The van der Waals surface area contributed by atoms with Crippen LogP contribution in [0.25, 0.3) is 20.8 Å². The summed E-state index contributed by atoms with van der Waals surface area (Å²) in [5, 5.41) is 38.7. The highest BCUT2D eigenvalue weighted by Crippen LogP contribution is 2.40. The van der Waals surface area contributed by atoms with Gasteiger partial charge in [-0.1, -0.05) is 18.2 Å². The second-order valence-electron chi connectivity index (χ2n) is 10.1. The monoisotopic (exact) mass is 577 g/mol. The van der Waals surface area contributed by atoms with Crippen molar-refractivity contribution in [3.05, 3.63) is 65.4 Å². The van der Waals surface area contributed by atoms with Crippen LogP contribution < -0.4 is 10.6 Å². The number of benzene rings is 2. The molecular weight excluding hydrogens is 548 g/mol. The van der Waals surface area contributed by atoms with Crippen molar-refractivity contribution in [2.45, 2.75) is 57.6 Å². The third-order valence-corrected chi connectivity index (χ3v) is 8.05. The molecule has 8 nitrogen and oxygen atoms in total. The lowest BCUT2D eigenvalue weighted by molar-refractivity contribution is -0.0601. The molecule has 0 radical (unpaired) electrons. The number of thiazole rings is 1. The Morgan fingerprint density at radius 1 is 1.00 bits per heavy atom. The van der Waals surface area contributed by atoms with Gasteiger partial charge < -0.3 is 26.0 Å². The van der Waals surface area contributed by atoms with Crippen molar-refractivity contribution < 1.29 is 24.1 Å². The predicted molar refractivity (Wildman–Crippen MR) is 150 cm³/mol. The Hall–Kier alpha value is -2.96. The van der Waals surface area contributed by atoms with Crippen molar-refractivity contribution in [1.82, 2.24) is 15.0 Å². The van der Waals surface area contributed by atoms with Gasteiger partial charge in [0.05, 0.1) is 39.2 Å². The van der Waals surface area contributed by atoms with Gasteiger partial charge in [-0.2, -0.15) is 4.98 Å². The quantitative estimate of drug-likeness (QED) is 0.215. The van der Waals surface area contributed by atoms with Crippen molar-refractivity contribution in [1.29, 1.82) is 0 Å². The second kappa shape index (κ2) is 11.3. The number of nitrogens with zero attached hydrogens (tertiary/aromatic N) is 3. The van der Waals surface area contributed by atoms with Gasteiger partial charge in [-0.05, 0) is 51.5 Å². The molecule has 0 spiro atoms. The summed E-state index contributed by atoms with van der Waals surface area (Å²) >= 11 is 1.46. The van der Waals surface area contributed by atoms with Crippen molar-refractivity contribution in [2.75, 3.05) is 10.6 Å². The Kier molecular flexibility index (Phi) is 8.38. The van der Waals surface area contributed by atoms with E-state index in [9.17, 15) is 24.1 Å². The Balaban J connectivity index is 0.00000353. The smallest absolute Gasteiger partial charge is 0.225 e. The largest absolute Gasteiger partial charge is 0.390 e. The molecule has 39 heavy (non-hydrogen) atoms. The summed E-state index contributed by atoms with van der Waals surface area (Å²) in [5.41, 5.74) is 0.645. The first kappa shape index (κ1) is 29.0. The van der Waals surface area contributed by atoms with Crippen LogP contribution in [-0.2, 0) is 6.54 Å². The van der Waals surface area contributed by atoms with Gasteiger partial charge in [-0.25, -0.2) is 18.7 Å². The van der Waals surface area contributed by atoms with E-state index in [1.807, 2.05) is 24.3 Å². The highest BCUT2D eigenvalue weighted by Gasteiger charge is 2.48. The number of nitrogens with one attached hydrogen (secondary N) is 2. The fourth-order valence-corrected chi connectivity index (χ4v) is 5.98. The summed E-state index contributed by atoms with van der Waals surface area (Å²) in [7, 11) is 0. The zero-order valence-corrected chi connectivity index (χ0v) is 23.2. The molecule has 1 fully saturated rings. The molecule has 4 aromatic rings. The van der Waals surface area contributed by atoms with Gasteiger partial charge in [-0.3, -0.25) is 0 Å². The predicted octanol–water partition coefficient (Wildman–Crippen LogP) is 4.67. The summed E-state index contributed by atoms with van der Waals surface area (Å²) in [5.74, 6) is -1.45. The van der Waals surface area contributed by atoms with Crippen molar-refractivity contribution in [2.24, 2.45) is 5.92 Å². The van der Waals surface area contributed by atoms with E-state index in [2.05, 4.69) is 20.6 Å². The molecule has 0 bridgehead atoms. The van der Waals surface area contributed by atoms with Crippen LogP contribution in [0.2, 0.25) is 0 Å². The Morgan fingerprint density at radius 2 is 1.69 bits per heavy atom. The molecule has 5 rings (SSSR count). The van der Waals surface area contributed by atoms with Crippen LogP contribution in [0.4, 0.5) is 20.5 Å². The molecule has 0 aliphatic heterocycles. The number of anilines is 2. The van der Waals surface area contributed by atoms with Gasteiger partial charge >= 0.3 is 0 Å². The lowest BCUT2D eigenvalue weighted by Gasteiger charge is -2.28. The molecule has 4 atom stereocenters. The van der Waals surface area contributed by atoms with Crippen LogP contribution in [0.3, 0.4) is 0 Å². The van der Waals surface area contributed by atoms with Gasteiger partial charge in [0.2, 0.25) is 5.95 Å². The number of halogens is 3. The highest BCUT2D eigenvalue weighted by atomic mass is 35.5. The third kappa shape index (κ3) is 5.82. The number of aryl methyl sites for hydroxylation is 1. The topological polar surface area (TPSA) is 123 Å². The molecule has 1 saturated carbocycles. The molecule has 2 heterocycles. The van der Waals surface area contributed by atoms with Crippen LogP contribution in [-0.4, -0.2) is 54.1 Å². The van der Waals surface area contributed by atoms with Gasteiger partial charge in [-0.15, -0.1) is 23.7 Å². The molecular formula is C27H30ClF2N5O3S. The van der Waals surface area contributed by atoms with E-state index in [0.29, 0.717) is 22.1 Å². The van der Waals surface area contributed by atoms with Crippen LogP contribution in [0.1, 0.15) is 31.5 Å². The highest BCUT2D eigenvalue weighted by molar-refractivity contribution is 7.21. The zero-order valence-electron chi connectivity index (χ0n) is 21.5. The van der Waals surface area contributed by atoms with Crippen LogP contribution >= 0.6 is 23.7 Å². The second-order valence-corrected chi connectivity index (χ2v) is 11.2. The summed E-state index contributed by atoms with van der Waals surface area (Å²) in [6.45, 7) is 4.80. The molecule has 0 amide bonds. The van der Waals surface area contributed by atoms with Gasteiger partial charge in [0.15, 0.2) is 0 Å². The van der Waals surface area contributed by atoms with E-state index in [1.165, 1.54) is 29.5 Å². The SMILES string of the molecule is Cc1nc(NCc2c(F)cccc2F)nc(N[C@@H]2C[C@H](C(C)(C)O)[C@@H](O)[C@H]2O)c1-c1nc2ccccc2s1.Cl. The molecule has 5 N–H and O–H groups in total. The van der Waals surface area contributed by atoms with E-state index in [0.717, 1.165) is 10.2 Å². The molecule has 12 heteroatoms. The first-order valence-electron chi connectivity index (χ1n) is 12.3. The first-order chi connectivity index (χ1) is 18.0. The number of aliphatic hydroxyl groups is 3. The van der Waals surface area contributed by atoms with Crippen molar-refractivity contribution in [3.8, 4) is 10.6 Å². The normalized spacial score (nSPS) is 21.1. The number of para-hydroxylation sites is 1. The molecule has 208 valence electrons. The molecule has 0 unspecified atom stereocenters. The minimum Gasteiger partial charge on any atom is -0.390 e. The number of hydrogen-bond acceptors (Lipinski definition) is 9. The van der Waals surface area contributed by atoms with E-state index in [1.54, 1.807) is 20.8 Å². The first-order valence-corrected chi connectivity index (χ1v) is 13.1. The lowest BCUT2D eigenvalue weighted by atomic mass is 9.88. The average Bonchev–Trinajstić information content (AvgIpc) is 3.40. The van der Waals surface area contributed by atoms with Crippen LogP contribution in [0.5, 0.6) is 0 Å². The van der Waals surface area contributed by atoms with Gasteiger partial charge in [0.1, 0.15) is 28.6 Å². The summed E-state index contributed by atoms with van der Waals surface area (Å²) in [4.78, 5) is 13.9. The molecule has 0 saturated heterocycles. The Bertz CT molecular complexity index is 1430. The standard InChI is InChI=1S/C27H29F2N5O3S.ClH/c1-13-21(25-33-18-9-4-5-10-20(18)38-25)24(32-19-11-15(27(2,3)37)22(35)23(19)36)34-26(31-13)30-12-14-16(28)7-6-8-17(14)29;/h4-10,15,19,22-23,35-37H,11-12H2,1-3H3,(H2,30,31,32,34);1H/t15-,19+,22+,23-;/m0./s1. The number of hydrogen-bond donors (Lipinski definition) is 5. The van der Waals surface area contributed by atoms with Crippen molar-refractivity contribution in [3.63, 3.8) is 0 Å². The minimum atomic E-state index is -1.20. The van der Waals surface area contributed by atoms with E-state index in [4.69, 9.17) is 4.98 Å². The maximum Gasteiger partial charge on any atom is 0.225 e. The Morgan fingerprint density at radius 3 is 2.33 bits per heavy atom. The lowest BCUT2D eigenvalue weighted by Crippen LogP contribution is -2.40. The van der Waals surface area contributed by atoms with E-state index < -0.39 is 41.4 Å². The number of rotatable bonds is 7. The fourth-order valence-electron chi connectivity index (χ4n) is 4.91. The van der Waals surface area contributed by atoms with Gasteiger partial charge in [0, 0.05) is 18.0 Å². The summed E-state index contributed by atoms with van der Waals surface area (Å²) in [6.07, 6.45) is -2.01. The number of fused-ring (bicyclic) bond motifs is 1. The van der Waals surface area contributed by atoms with E-state index in [-0.39, 0.29) is 36.9 Å². The number of aliphatic hydroxyl groups excluding tert-OH is 2. The summed E-state index contributed by atoms with van der Waals surface area (Å²) < 4.78 is 29.3. The molecule has 2 aromatic carbocycles. The molecule has 2 aromatic heterocycles. The Labute approximate surface area is 234 Å². The average molecular weight is 578 g/mol. The molecule has 1 aliphatic rings. The van der Waals surface area contributed by atoms with Crippen LogP contribution in [0, 0.1) is 24.5 Å². The van der Waals surface area contributed by atoms with Gasteiger partial charge in [0.25, 0.3) is 0 Å². The van der Waals surface area contributed by atoms with Crippen molar-refractivity contribution >= 4 is 45.7 Å². The fraction of sp³-hybridized carbons (Fsp3) is 0.370. The minimum absolute atomic E-state index is 0. The third-order valence-electron chi connectivity index (χ3n) is 6.99. The van der Waals surface area contributed by atoms with E-state index >= 15 is 0 Å². The maximum absolute atomic E-state index is 14.2. The molecule has 1 aliphatic carbocycles. The zero-order chi connectivity index (χ0) is 27.2. The summed E-state index contributed by atoms with van der Waals surface area (Å²) in [6, 6.07) is 10.7. The number of aromatic nitrogens is 3.